The van der Waals surface area contributed by atoms with Gasteiger partial charge in [0.15, 0.2) is 0 Å². The monoisotopic (exact) mass is 609 g/mol. The fraction of sp³-hybridized carbons (Fsp3) is 0.312. The van der Waals surface area contributed by atoms with E-state index >= 15 is 0 Å². The van der Waals surface area contributed by atoms with Crippen molar-refractivity contribution in [2.24, 2.45) is 0 Å². The zero-order valence-electron chi connectivity index (χ0n) is 23.9. The number of ether oxygens (including phenoxy) is 1. The molecule has 4 heterocycles. The number of para-hydroxylation sites is 1. The second-order valence-electron chi connectivity index (χ2n) is 11.0. The van der Waals surface area contributed by atoms with Crippen molar-refractivity contribution in [1.82, 2.24) is 25.2 Å². The number of carbonyl (C=O) groups excluding carboxylic acids is 3. The molecule has 2 saturated heterocycles. The summed E-state index contributed by atoms with van der Waals surface area (Å²) in [6, 6.07) is 18.8. The molecule has 0 bridgehead atoms. The minimum absolute atomic E-state index is 0.101. The summed E-state index contributed by atoms with van der Waals surface area (Å²) in [7, 11) is 0. The van der Waals surface area contributed by atoms with E-state index in [4.69, 9.17) is 4.74 Å². The number of benzene rings is 2. The van der Waals surface area contributed by atoms with E-state index in [1.54, 1.807) is 12.3 Å². The zero-order valence-corrected chi connectivity index (χ0v) is 24.8. The molecule has 44 heavy (non-hydrogen) atoms. The van der Waals surface area contributed by atoms with Crippen LogP contribution in [-0.2, 0) is 27.3 Å². The number of hydrogen-bond acceptors (Lipinski definition) is 9. The Labute approximate surface area is 258 Å². The molecule has 6 rings (SSSR count). The van der Waals surface area contributed by atoms with E-state index in [2.05, 4.69) is 31.9 Å². The molecule has 0 aliphatic carbocycles. The first-order chi connectivity index (χ1) is 21.4. The Morgan fingerprint density at radius 1 is 1.11 bits per heavy atom. The van der Waals surface area contributed by atoms with Crippen molar-refractivity contribution >= 4 is 34.7 Å². The molecule has 2 aromatic carbocycles. The molecule has 3 amide bonds. The number of thiophene rings is 1. The fourth-order valence-corrected chi connectivity index (χ4v) is 6.32. The number of nitrogens with one attached hydrogen (secondary N) is 2. The van der Waals surface area contributed by atoms with E-state index in [-0.39, 0.29) is 36.7 Å². The van der Waals surface area contributed by atoms with E-state index in [0.717, 1.165) is 48.6 Å². The lowest BCUT2D eigenvalue weighted by Crippen LogP contribution is -2.41. The average Bonchev–Trinajstić information content (AvgIpc) is 3.70. The molecule has 224 valence electrons. The van der Waals surface area contributed by atoms with Crippen LogP contribution in [0.4, 0.5) is 5.69 Å². The molecule has 4 aromatic rings. The van der Waals surface area contributed by atoms with E-state index in [9.17, 15) is 19.6 Å². The van der Waals surface area contributed by atoms with Gasteiger partial charge < -0.3 is 10.1 Å². The van der Waals surface area contributed by atoms with Gasteiger partial charge >= 0.3 is 0 Å². The number of imide groups is 1. The lowest BCUT2D eigenvalue weighted by Gasteiger charge is -2.32. The first-order valence-electron chi connectivity index (χ1n) is 14.5. The van der Waals surface area contributed by atoms with Crippen LogP contribution in [0.25, 0.3) is 11.3 Å². The van der Waals surface area contributed by atoms with Gasteiger partial charge in [0.25, 0.3) is 5.91 Å². The standard InChI is InChI=1S/C32H31N7O4S/c33-17-22-3-1-2-4-29(22)43-25-11-13-38(14-12-25)18-21-5-7-24(8-6-21)34-31(41)16-26-15-23(20-44-26)27-19-39(37-36-27)28-9-10-30(40)35-32(28)42/h1-8,15,19-20,25,28H,9-14,16,18H2,(H,34,41)(H,35,40,42). The van der Waals surface area contributed by atoms with E-state index in [1.807, 2.05) is 53.9 Å². The number of likely N-dealkylation sites (tertiary alicyclic amines) is 1. The molecule has 11 nitrogen and oxygen atoms in total. The Bertz CT molecular complexity index is 1700. The van der Waals surface area contributed by atoms with Crippen LogP contribution in [0.3, 0.4) is 0 Å². The van der Waals surface area contributed by atoms with Crippen LogP contribution in [-0.4, -0.2) is 56.8 Å². The number of hydrogen-bond donors (Lipinski definition) is 2. The number of carbonyl (C=O) groups is 3. The maximum Gasteiger partial charge on any atom is 0.251 e. The molecule has 1 atom stereocenters. The van der Waals surface area contributed by atoms with Crippen LogP contribution in [0, 0.1) is 11.3 Å². The minimum atomic E-state index is -0.560. The Morgan fingerprint density at radius 2 is 1.91 bits per heavy atom. The lowest BCUT2D eigenvalue weighted by atomic mass is 10.1. The second-order valence-corrected chi connectivity index (χ2v) is 12.0. The SMILES string of the molecule is N#Cc1ccccc1OC1CCN(Cc2ccc(NC(=O)Cc3cc(-c4cn(C5CCC(=O)NC5=O)nn4)cs3)cc2)CC1. The van der Waals surface area contributed by atoms with Crippen LogP contribution < -0.4 is 15.4 Å². The molecule has 2 aliphatic heterocycles. The quantitative estimate of drug-likeness (QED) is 0.271. The summed E-state index contributed by atoms with van der Waals surface area (Å²) in [5, 5.41) is 24.8. The molecule has 2 N–H and O–H groups in total. The third kappa shape index (κ3) is 7.02. The number of amides is 3. The average molecular weight is 610 g/mol. The maximum absolute atomic E-state index is 12.8. The van der Waals surface area contributed by atoms with Crippen LogP contribution in [0.2, 0.25) is 0 Å². The summed E-state index contributed by atoms with van der Waals surface area (Å²) in [4.78, 5) is 39.6. The van der Waals surface area contributed by atoms with Crippen molar-refractivity contribution < 1.29 is 19.1 Å². The van der Waals surface area contributed by atoms with Crippen molar-refractivity contribution in [3.63, 3.8) is 0 Å². The first kappa shape index (κ1) is 29.2. The van der Waals surface area contributed by atoms with Gasteiger partial charge in [0.2, 0.25) is 11.8 Å². The fourth-order valence-electron chi connectivity index (χ4n) is 5.45. The van der Waals surface area contributed by atoms with Gasteiger partial charge in [0.05, 0.1) is 18.2 Å². The zero-order chi connectivity index (χ0) is 30.5. The van der Waals surface area contributed by atoms with Gasteiger partial charge in [-0.15, -0.1) is 16.4 Å². The third-order valence-electron chi connectivity index (χ3n) is 7.80. The number of nitriles is 1. The van der Waals surface area contributed by atoms with Gasteiger partial charge in [-0.3, -0.25) is 24.6 Å². The summed E-state index contributed by atoms with van der Waals surface area (Å²) in [6.07, 6.45) is 4.47. The summed E-state index contributed by atoms with van der Waals surface area (Å²) in [5.74, 6) is -0.109. The topological polar surface area (TPSA) is 142 Å². The Hall–Kier alpha value is -4.86. The maximum atomic E-state index is 12.8. The third-order valence-corrected chi connectivity index (χ3v) is 8.74. The molecule has 2 aromatic heterocycles. The van der Waals surface area contributed by atoms with Gasteiger partial charge in [-0.05, 0) is 55.2 Å². The second kappa shape index (κ2) is 13.2. The van der Waals surface area contributed by atoms with Gasteiger partial charge in [-0.25, -0.2) is 4.68 Å². The van der Waals surface area contributed by atoms with Crippen molar-refractivity contribution in [2.45, 2.75) is 50.8 Å². The Balaban J connectivity index is 0.959. The van der Waals surface area contributed by atoms with Gasteiger partial charge in [0, 0.05) is 47.6 Å². The normalized spacial score (nSPS) is 17.6. The van der Waals surface area contributed by atoms with Crippen LogP contribution in [0.15, 0.2) is 66.2 Å². The van der Waals surface area contributed by atoms with Gasteiger partial charge in [0.1, 0.15) is 29.7 Å². The predicted octanol–water partition coefficient (Wildman–Crippen LogP) is 4.08. The minimum Gasteiger partial charge on any atom is -0.489 e. The van der Waals surface area contributed by atoms with Crippen molar-refractivity contribution in [2.75, 3.05) is 18.4 Å². The number of piperidine rings is 2. The highest BCUT2D eigenvalue weighted by Gasteiger charge is 2.29. The number of anilines is 1. The lowest BCUT2D eigenvalue weighted by molar-refractivity contribution is -0.136. The number of nitrogens with zero attached hydrogens (tertiary/aromatic N) is 5. The molecule has 0 spiro atoms. The highest BCUT2D eigenvalue weighted by Crippen LogP contribution is 2.27. The predicted molar refractivity (Wildman–Crippen MR) is 164 cm³/mol. The molecule has 1 unspecified atom stereocenters. The Kier molecular flexibility index (Phi) is 8.76. The number of aromatic nitrogens is 3. The van der Waals surface area contributed by atoms with Crippen LogP contribution in [0.1, 0.15) is 47.7 Å². The summed E-state index contributed by atoms with van der Waals surface area (Å²) in [5.41, 5.74) is 3.91. The van der Waals surface area contributed by atoms with Crippen LogP contribution in [0.5, 0.6) is 5.75 Å². The van der Waals surface area contributed by atoms with E-state index < -0.39 is 6.04 Å². The molecule has 2 aliphatic rings. The summed E-state index contributed by atoms with van der Waals surface area (Å²) >= 11 is 1.46. The summed E-state index contributed by atoms with van der Waals surface area (Å²) in [6.45, 7) is 2.64. The largest absolute Gasteiger partial charge is 0.489 e. The molecule has 2 fully saturated rings. The van der Waals surface area contributed by atoms with Gasteiger partial charge in [-0.2, -0.15) is 5.26 Å². The molecular formula is C32H31N7O4S. The van der Waals surface area contributed by atoms with E-state index in [1.165, 1.54) is 21.6 Å². The highest BCUT2D eigenvalue weighted by molar-refractivity contribution is 7.10. The number of rotatable bonds is 9. The Morgan fingerprint density at radius 3 is 2.68 bits per heavy atom. The van der Waals surface area contributed by atoms with Crippen molar-refractivity contribution in [3.05, 3.63) is 82.2 Å². The molecule has 0 saturated carbocycles. The van der Waals surface area contributed by atoms with Crippen molar-refractivity contribution in [1.29, 1.82) is 5.26 Å². The summed E-state index contributed by atoms with van der Waals surface area (Å²) < 4.78 is 7.59. The van der Waals surface area contributed by atoms with Gasteiger partial charge in [-0.1, -0.05) is 29.5 Å². The van der Waals surface area contributed by atoms with Crippen LogP contribution >= 0.6 is 11.3 Å². The van der Waals surface area contributed by atoms with E-state index in [0.29, 0.717) is 23.4 Å². The smallest absolute Gasteiger partial charge is 0.251 e. The molecule has 12 heteroatoms. The van der Waals surface area contributed by atoms with Crippen molar-refractivity contribution in [3.8, 4) is 23.1 Å². The molecular weight excluding hydrogens is 578 g/mol. The highest BCUT2D eigenvalue weighted by atomic mass is 32.1. The molecule has 0 radical (unpaired) electrons. The first-order valence-corrected chi connectivity index (χ1v) is 15.4.